The third-order valence-corrected chi connectivity index (χ3v) is 4.58. The number of carboxylic acid groups (broad SMARTS) is 1. The second-order valence-corrected chi connectivity index (χ2v) is 9.12. The van der Waals surface area contributed by atoms with Gasteiger partial charge in [0.25, 0.3) is 0 Å². The molecule has 0 bridgehead atoms. The second kappa shape index (κ2) is 7.56. The average molecular weight is 391 g/mol. The Morgan fingerprint density at radius 2 is 1.93 bits per heavy atom. The predicted molar refractivity (Wildman–Crippen MR) is 107 cm³/mol. The van der Waals surface area contributed by atoms with Crippen molar-refractivity contribution in [2.45, 2.75) is 46.6 Å². The van der Waals surface area contributed by atoms with E-state index in [9.17, 15) is 14.7 Å². The maximum Gasteiger partial charge on any atom is 0.426 e. The molecule has 2 aromatic rings. The van der Waals surface area contributed by atoms with Crippen LogP contribution in [0.25, 0.3) is 10.4 Å². The first kappa shape index (κ1) is 20.7. The fourth-order valence-electron chi connectivity index (χ4n) is 3.03. The molecule has 1 heterocycles. The van der Waals surface area contributed by atoms with Gasteiger partial charge >= 0.3 is 12.2 Å². The highest BCUT2D eigenvalue weighted by molar-refractivity contribution is 7.19. The molecule has 0 saturated carbocycles. The maximum absolute atomic E-state index is 12.6. The molecule has 0 saturated heterocycles. The summed E-state index contributed by atoms with van der Waals surface area (Å²) in [6, 6.07) is 7.14. The zero-order valence-electron chi connectivity index (χ0n) is 16.1. The van der Waals surface area contributed by atoms with Gasteiger partial charge in [0.2, 0.25) is 5.13 Å². The van der Waals surface area contributed by atoms with Crippen LogP contribution in [-0.4, -0.2) is 27.9 Å². The van der Waals surface area contributed by atoms with Crippen LogP contribution in [0, 0.1) is 5.41 Å². The first-order valence-corrected chi connectivity index (χ1v) is 9.27. The van der Waals surface area contributed by atoms with Gasteiger partial charge in [-0.2, -0.15) is 4.90 Å². The standard InChI is InChI=1S/C19H25N3O4S/c1-18(2,3)11-19(4,5)26-17(25)22(16(23)24)15-21-10-14(27-15)12-7-6-8-13(20)9-12/h6-10H,11,20H2,1-5H3,(H,23,24). The summed E-state index contributed by atoms with van der Waals surface area (Å²) in [5.74, 6) is 0. The lowest BCUT2D eigenvalue weighted by atomic mass is 9.84. The van der Waals surface area contributed by atoms with Gasteiger partial charge in [0.1, 0.15) is 5.60 Å². The van der Waals surface area contributed by atoms with Crippen molar-refractivity contribution in [3.8, 4) is 10.4 Å². The lowest BCUT2D eigenvalue weighted by Crippen LogP contribution is -2.42. The second-order valence-electron chi connectivity index (χ2n) is 8.12. The number of nitrogens with zero attached hydrogens (tertiary/aromatic N) is 2. The Hall–Kier alpha value is -2.61. The van der Waals surface area contributed by atoms with Crippen molar-refractivity contribution in [1.29, 1.82) is 0 Å². The average Bonchev–Trinajstić information content (AvgIpc) is 2.92. The lowest BCUT2D eigenvalue weighted by molar-refractivity contribution is 0.0146. The largest absolute Gasteiger partial charge is 0.464 e. The van der Waals surface area contributed by atoms with E-state index >= 15 is 0 Å². The normalized spacial score (nSPS) is 11.9. The van der Waals surface area contributed by atoms with E-state index < -0.39 is 17.8 Å². The molecule has 0 aliphatic carbocycles. The smallest absolute Gasteiger partial charge is 0.426 e. The van der Waals surface area contributed by atoms with Crippen molar-refractivity contribution in [2.24, 2.45) is 5.41 Å². The molecule has 3 N–H and O–H groups in total. The Labute approximate surface area is 162 Å². The minimum Gasteiger partial charge on any atom is -0.464 e. The maximum atomic E-state index is 12.6. The number of aromatic nitrogens is 1. The van der Waals surface area contributed by atoms with E-state index in [0.717, 1.165) is 16.9 Å². The number of carbonyl (C=O) groups excluding carboxylic acids is 1. The Bertz CT molecular complexity index is 839. The highest BCUT2D eigenvalue weighted by Crippen LogP contribution is 2.34. The van der Waals surface area contributed by atoms with E-state index in [1.165, 1.54) is 6.20 Å². The number of carbonyl (C=O) groups is 2. The predicted octanol–water partition coefficient (Wildman–Crippen LogP) is 5.23. The van der Waals surface area contributed by atoms with E-state index in [2.05, 4.69) is 4.98 Å². The fourth-order valence-corrected chi connectivity index (χ4v) is 3.92. The van der Waals surface area contributed by atoms with Gasteiger partial charge in [0.15, 0.2) is 0 Å². The summed E-state index contributed by atoms with van der Waals surface area (Å²) in [7, 11) is 0. The third-order valence-electron chi connectivity index (χ3n) is 3.55. The van der Waals surface area contributed by atoms with Crippen LogP contribution >= 0.6 is 11.3 Å². The zero-order valence-corrected chi connectivity index (χ0v) is 17.0. The first-order valence-electron chi connectivity index (χ1n) is 8.46. The number of anilines is 2. The number of amides is 2. The van der Waals surface area contributed by atoms with Gasteiger partial charge in [-0.05, 0) is 43.4 Å². The molecule has 0 fully saturated rings. The zero-order chi connectivity index (χ0) is 20.4. The first-order chi connectivity index (χ1) is 12.4. The minimum absolute atomic E-state index is 0.0245. The van der Waals surface area contributed by atoms with Gasteiger partial charge in [0.05, 0.1) is 4.88 Å². The highest BCUT2D eigenvalue weighted by atomic mass is 32.1. The van der Waals surface area contributed by atoms with Crippen molar-refractivity contribution in [1.82, 2.24) is 4.98 Å². The van der Waals surface area contributed by atoms with E-state index in [1.54, 1.807) is 32.0 Å². The number of rotatable bonds is 4. The van der Waals surface area contributed by atoms with Crippen LogP contribution < -0.4 is 10.6 Å². The van der Waals surface area contributed by atoms with E-state index in [1.807, 2.05) is 26.8 Å². The van der Waals surface area contributed by atoms with Crippen molar-refractivity contribution in [3.05, 3.63) is 30.5 Å². The third kappa shape index (κ3) is 5.68. The molecule has 1 aromatic carbocycles. The lowest BCUT2D eigenvalue weighted by Gasteiger charge is -2.32. The van der Waals surface area contributed by atoms with Gasteiger partial charge < -0.3 is 15.6 Å². The van der Waals surface area contributed by atoms with Crippen molar-refractivity contribution in [2.75, 3.05) is 10.6 Å². The number of imide groups is 1. The number of ether oxygens (including phenoxy) is 1. The summed E-state index contributed by atoms with van der Waals surface area (Å²) < 4.78 is 5.48. The molecule has 0 atom stereocenters. The van der Waals surface area contributed by atoms with Gasteiger partial charge in [0, 0.05) is 11.9 Å². The number of hydrogen-bond donors (Lipinski definition) is 2. The van der Waals surface area contributed by atoms with Crippen LogP contribution in [-0.2, 0) is 4.74 Å². The minimum atomic E-state index is -1.44. The van der Waals surface area contributed by atoms with Crippen molar-refractivity contribution < 1.29 is 19.4 Å². The van der Waals surface area contributed by atoms with Gasteiger partial charge in [-0.25, -0.2) is 14.6 Å². The summed E-state index contributed by atoms with van der Waals surface area (Å²) in [5, 5.41) is 9.55. The summed E-state index contributed by atoms with van der Waals surface area (Å²) in [5.41, 5.74) is 6.26. The number of thiazole rings is 1. The summed E-state index contributed by atoms with van der Waals surface area (Å²) in [4.78, 5) is 29.6. The summed E-state index contributed by atoms with van der Waals surface area (Å²) in [6.45, 7) is 9.59. The topological polar surface area (TPSA) is 106 Å². The molecular formula is C19H25N3O4S. The summed E-state index contributed by atoms with van der Waals surface area (Å²) in [6.07, 6.45) is -0.325. The van der Waals surface area contributed by atoms with Crippen LogP contribution in [0.2, 0.25) is 0 Å². The van der Waals surface area contributed by atoms with Crippen LogP contribution in [0.15, 0.2) is 30.5 Å². The molecule has 2 rings (SSSR count). The van der Waals surface area contributed by atoms with Gasteiger partial charge in [-0.1, -0.05) is 44.2 Å². The van der Waals surface area contributed by atoms with Gasteiger partial charge in [-0.15, -0.1) is 0 Å². The number of nitrogens with two attached hydrogens (primary N) is 1. The molecule has 146 valence electrons. The number of hydrogen-bond acceptors (Lipinski definition) is 6. The molecule has 0 aliphatic rings. The van der Waals surface area contributed by atoms with Crippen molar-refractivity contribution in [3.63, 3.8) is 0 Å². The highest BCUT2D eigenvalue weighted by Gasteiger charge is 2.35. The van der Waals surface area contributed by atoms with Crippen LogP contribution in [0.4, 0.5) is 20.4 Å². The number of nitrogen functional groups attached to an aromatic ring is 1. The quantitative estimate of drug-likeness (QED) is 0.691. The molecule has 8 heteroatoms. The molecular weight excluding hydrogens is 366 g/mol. The number of benzene rings is 1. The molecule has 1 aromatic heterocycles. The van der Waals surface area contributed by atoms with E-state index in [0.29, 0.717) is 21.9 Å². The molecule has 0 aliphatic heterocycles. The Balaban J connectivity index is 2.25. The van der Waals surface area contributed by atoms with Crippen LogP contribution in [0.3, 0.4) is 0 Å². The van der Waals surface area contributed by atoms with Gasteiger partial charge in [-0.3, -0.25) is 0 Å². The Kier molecular flexibility index (Phi) is 5.79. The van der Waals surface area contributed by atoms with Crippen LogP contribution in [0.5, 0.6) is 0 Å². The molecule has 0 spiro atoms. The molecule has 2 amide bonds. The Morgan fingerprint density at radius 3 is 2.48 bits per heavy atom. The monoisotopic (exact) mass is 391 g/mol. The van der Waals surface area contributed by atoms with E-state index in [4.69, 9.17) is 10.5 Å². The SMILES string of the molecule is CC(C)(C)CC(C)(C)OC(=O)N(C(=O)O)c1ncc(-c2cccc(N)c2)s1. The van der Waals surface area contributed by atoms with E-state index in [-0.39, 0.29) is 10.5 Å². The Morgan fingerprint density at radius 1 is 1.26 bits per heavy atom. The van der Waals surface area contributed by atoms with Crippen molar-refractivity contribution >= 4 is 34.3 Å². The molecule has 0 radical (unpaired) electrons. The molecule has 27 heavy (non-hydrogen) atoms. The van der Waals surface area contributed by atoms with Crippen LogP contribution in [0.1, 0.15) is 41.0 Å². The summed E-state index contributed by atoms with van der Waals surface area (Å²) >= 11 is 1.08. The fraction of sp³-hybridized carbons (Fsp3) is 0.421. The molecule has 7 nitrogen and oxygen atoms in total. The molecule has 0 unspecified atom stereocenters.